The fourth-order valence-corrected chi connectivity index (χ4v) is 3.80. The normalized spacial score (nSPS) is 23.4. The lowest BCUT2D eigenvalue weighted by Crippen LogP contribution is -2.52. The Labute approximate surface area is 175 Å². The van der Waals surface area contributed by atoms with Gasteiger partial charge in [0.05, 0.1) is 5.41 Å². The lowest BCUT2D eigenvalue weighted by Gasteiger charge is -2.36. The molecule has 2 fully saturated rings. The van der Waals surface area contributed by atoms with E-state index in [-0.39, 0.29) is 30.2 Å². The van der Waals surface area contributed by atoms with Crippen molar-refractivity contribution in [3.8, 4) is 0 Å². The molecule has 160 valence electrons. The molecule has 0 N–H and O–H groups in total. The van der Waals surface area contributed by atoms with Crippen molar-refractivity contribution in [2.45, 2.75) is 30.6 Å². The number of nitrogens with zero attached hydrogens (tertiary/aromatic N) is 4. The van der Waals surface area contributed by atoms with Gasteiger partial charge in [0.25, 0.3) is 11.8 Å². The van der Waals surface area contributed by atoms with Crippen LogP contribution in [0.25, 0.3) is 0 Å². The van der Waals surface area contributed by atoms with E-state index < -0.39 is 28.7 Å². The van der Waals surface area contributed by atoms with Crippen LogP contribution in [0, 0.1) is 0 Å². The van der Waals surface area contributed by atoms with E-state index in [0.29, 0.717) is 18.9 Å². The van der Waals surface area contributed by atoms with Crippen LogP contribution in [0.5, 0.6) is 0 Å². The molecule has 4 rings (SSSR count). The molecule has 1 saturated carbocycles. The predicted molar refractivity (Wildman–Crippen MR) is 103 cm³/mol. The predicted octanol–water partition coefficient (Wildman–Crippen LogP) is 3.87. The number of halogens is 5. The Morgan fingerprint density at radius 1 is 1.03 bits per heavy atom. The third kappa shape index (κ3) is 3.49. The molecule has 1 aliphatic carbocycles. The second kappa shape index (κ2) is 7.08. The van der Waals surface area contributed by atoms with Gasteiger partial charge in [-0.15, -0.1) is 10.2 Å². The third-order valence-electron chi connectivity index (χ3n) is 5.92. The summed E-state index contributed by atoms with van der Waals surface area (Å²) in [5.41, 5.74) is -1.54. The maximum Gasteiger partial charge on any atom is 0.349 e. The SMILES string of the molecule is CC1(c2ccc(C(F)(F)C(=O)N3CCN(c4ccc(Cl)nn4)CC3)cc2)CC1(F)F. The zero-order chi connectivity index (χ0) is 21.7. The molecular formula is C20H19ClF4N4O. The lowest BCUT2D eigenvalue weighted by molar-refractivity contribution is -0.159. The first kappa shape index (κ1) is 20.8. The molecule has 30 heavy (non-hydrogen) atoms. The van der Waals surface area contributed by atoms with Gasteiger partial charge in [0.1, 0.15) is 0 Å². The smallest absolute Gasteiger partial charge is 0.349 e. The number of carbonyl (C=O) groups excluding carboxylic acids is 1. The molecular weight excluding hydrogens is 424 g/mol. The van der Waals surface area contributed by atoms with Crippen molar-refractivity contribution >= 4 is 23.3 Å². The molecule has 1 amide bonds. The Morgan fingerprint density at radius 3 is 2.13 bits per heavy atom. The van der Waals surface area contributed by atoms with Gasteiger partial charge in [-0.2, -0.15) is 8.78 Å². The van der Waals surface area contributed by atoms with Gasteiger partial charge in [-0.1, -0.05) is 35.9 Å². The molecule has 1 aromatic carbocycles. The van der Waals surface area contributed by atoms with Gasteiger partial charge in [-0.25, -0.2) is 8.78 Å². The monoisotopic (exact) mass is 442 g/mol. The van der Waals surface area contributed by atoms with E-state index in [1.165, 1.54) is 19.1 Å². The average Bonchev–Trinajstić information content (AvgIpc) is 3.27. The van der Waals surface area contributed by atoms with E-state index in [4.69, 9.17) is 11.6 Å². The standard InChI is InChI=1S/C20H19ClF4N4O/c1-18(12-19(18,22)23)13-2-4-14(5-3-13)20(24,25)17(30)29-10-8-28(9-11-29)16-7-6-15(21)26-27-16/h2-7H,8-12H2,1H3. The number of carbonyl (C=O) groups is 1. The summed E-state index contributed by atoms with van der Waals surface area (Å²) in [6, 6.07) is 7.89. The fraction of sp³-hybridized carbons (Fsp3) is 0.450. The lowest BCUT2D eigenvalue weighted by atomic mass is 9.95. The molecule has 2 heterocycles. The van der Waals surface area contributed by atoms with Gasteiger partial charge < -0.3 is 9.80 Å². The number of piperazine rings is 1. The largest absolute Gasteiger partial charge is 0.352 e. The molecule has 2 aromatic rings. The van der Waals surface area contributed by atoms with Crippen LogP contribution in [-0.4, -0.2) is 53.1 Å². The Morgan fingerprint density at radius 2 is 1.63 bits per heavy atom. The number of rotatable bonds is 4. The summed E-state index contributed by atoms with van der Waals surface area (Å²) in [5, 5.41) is 7.95. The fourth-order valence-electron chi connectivity index (χ4n) is 3.70. The third-order valence-corrected chi connectivity index (χ3v) is 6.12. The highest BCUT2D eigenvalue weighted by Gasteiger charge is 2.68. The number of amides is 1. The van der Waals surface area contributed by atoms with Gasteiger partial charge in [-0.3, -0.25) is 4.79 Å². The highest BCUT2D eigenvalue weighted by atomic mass is 35.5. The molecule has 1 aromatic heterocycles. The van der Waals surface area contributed by atoms with Gasteiger partial charge in [0, 0.05) is 38.2 Å². The number of benzene rings is 1. The van der Waals surface area contributed by atoms with Crippen LogP contribution in [-0.2, 0) is 16.1 Å². The van der Waals surface area contributed by atoms with Crippen LogP contribution < -0.4 is 4.90 Å². The topological polar surface area (TPSA) is 49.3 Å². The summed E-state index contributed by atoms with van der Waals surface area (Å²) in [6.07, 6.45) is -0.309. The van der Waals surface area contributed by atoms with E-state index >= 15 is 0 Å². The highest BCUT2D eigenvalue weighted by molar-refractivity contribution is 6.29. The van der Waals surface area contributed by atoms with Crippen LogP contribution in [0.2, 0.25) is 5.15 Å². The molecule has 1 unspecified atom stereocenters. The van der Waals surface area contributed by atoms with Crippen molar-refractivity contribution in [1.29, 1.82) is 0 Å². The van der Waals surface area contributed by atoms with Crippen molar-refractivity contribution < 1.29 is 22.4 Å². The second-order valence-corrected chi connectivity index (χ2v) is 8.25. The maximum absolute atomic E-state index is 14.8. The van der Waals surface area contributed by atoms with Crippen LogP contribution in [0.1, 0.15) is 24.5 Å². The molecule has 5 nitrogen and oxygen atoms in total. The molecule has 1 aliphatic heterocycles. The van der Waals surface area contributed by atoms with Crippen LogP contribution in [0.4, 0.5) is 23.4 Å². The molecule has 10 heteroatoms. The Bertz CT molecular complexity index is 946. The van der Waals surface area contributed by atoms with E-state index in [1.807, 2.05) is 4.90 Å². The summed E-state index contributed by atoms with van der Waals surface area (Å²) >= 11 is 5.71. The highest BCUT2D eigenvalue weighted by Crippen LogP contribution is 2.61. The van der Waals surface area contributed by atoms with E-state index in [2.05, 4.69) is 10.2 Å². The van der Waals surface area contributed by atoms with Crippen LogP contribution in [0.15, 0.2) is 36.4 Å². The van der Waals surface area contributed by atoms with Gasteiger partial charge in [0.15, 0.2) is 11.0 Å². The minimum absolute atomic E-state index is 0.0983. The quantitative estimate of drug-likeness (QED) is 0.675. The van der Waals surface area contributed by atoms with Gasteiger partial charge in [-0.05, 0) is 24.6 Å². The zero-order valence-electron chi connectivity index (χ0n) is 16.1. The number of hydrogen-bond donors (Lipinski definition) is 0. The van der Waals surface area contributed by atoms with Gasteiger partial charge >= 0.3 is 5.92 Å². The van der Waals surface area contributed by atoms with Crippen molar-refractivity contribution in [3.63, 3.8) is 0 Å². The first-order valence-corrected chi connectivity index (χ1v) is 9.83. The van der Waals surface area contributed by atoms with Gasteiger partial charge in [0.2, 0.25) is 0 Å². The van der Waals surface area contributed by atoms with Crippen LogP contribution >= 0.6 is 11.6 Å². The van der Waals surface area contributed by atoms with E-state index in [0.717, 1.165) is 17.0 Å². The van der Waals surface area contributed by atoms with Crippen molar-refractivity contribution in [1.82, 2.24) is 15.1 Å². The molecule has 0 bridgehead atoms. The minimum atomic E-state index is -3.74. The Kier molecular flexibility index (Phi) is 4.91. The summed E-state index contributed by atoms with van der Waals surface area (Å²) in [7, 11) is 0. The molecule has 1 saturated heterocycles. The van der Waals surface area contributed by atoms with Crippen molar-refractivity contribution in [2.24, 2.45) is 0 Å². The number of hydrogen-bond acceptors (Lipinski definition) is 4. The summed E-state index contributed by atoms with van der Waals surface area (Å²) in [5.74, 6) is -7.33. The molecule has 2 aliphatic rings. The Hall–Kier alpha value is -2.42. The summed E-state index contributed by atoms with van der Waals surface area (Å²) in [4.78, 5) is 15.4. The van der Waals surface area contributed by atoms with E-state index in [9.17, 15) is 22.4 Å². The minimum Gasteiger partial charge on any atom is -0.352 e. The van der Waals surface area contributed by atoms with Crippen molar-refractivity contribution in [2.75, 3.05) is 31.1 Å². The maximum atomic E-state index is 14.8. The first-order chi connectivity index (χ1) is 14.0. The molecule has 1 atom stereocenters. The second-order valence-electron chi connectivity index (χ2n) is 7.86. The molecule has 0 radical (unpaired) electrons. The average molecular weight is 443 g/mol. The van der Waals surface area contributed by atoms with Crippen molar-refractivity contribution in [3.05, 3.63) is 52.7 Å². The van der Waals surface area contributed by atoms with Crippen LogP contribution in [0.3, 0.4) is 0 Å². The number of alkyl halides is 4. The van der Waals surface area contributed by atoms with E-state index in [1.54, 1.807) is 12.1 Å². The first-order valence-electron chi connectivity index (χ1n) is 9.45. The number of aromatic nitrogens is 2. The number of anilines is 1. The summed E-state index contributed by atoms with van der Waals surface area (Å²) < 4.78 is 56.6. The Balaban J connectivity index is 1.42. The molecule has 0 spiro atoms. The summed E-state index contributed by atoms with van der Waals surface area (Å²) in [6.45, 7) is 2.24. The zero-order valence-corrected chi connectivity index (χ0v) is 16.8.